The van der Waals surface area contributed by atoms with Crippen LogP contribution in [0, 0.1) is 6.92 Å². The second kappa shape index (κ2) is 6.46. The zero-order valence-electron chi connectivity index (χ0n) is 15.2. The number of halogens is 5. The van der Waals surface area contributed by atoms with Crippen molar-refractivity contribution in [2.45, 2.75) is 37.9 Å². The van der Waals surface area contributed by atoms with E-state index in [0.717, 1.165) is 17.2 Å². The molecule has 1 saturated carbocycles. The number of aromatic nitrogens is 7. The van der Waals surface area contributed by atoms with Gasteiger partial charge in [0.25, 0.3) is 0 Å². The Morgan fingerprint density at radius 3 is 2.45 bits per heavy atom. The number of hydrogen-bond acceptors (Lipinski definition) is 6. The molecular weight excluding hydrogens is 399 g/mol. The van der Waals surface area contributed by atoms with E-state index >= 15 is 0 Å². The van der Waals surface area contributed by atoms with Gasteiger partial charge in [-0.3, -0.25) is 0 Å². The minimum atomic E-state index is -4.56. The molecule has 3 aromatic rings. The van der Waals surface area contributed by atoms with Crippen LogP contribution in [-0.2, 0) is 19.3 Å². The van der Waals surface area contributed by atoms with Crippen LogP contribution in [0.25, 0.3) is 0 Å². The highest BCUT2D eigenvalue weighted by Gasteiger charge is 2.41. The van der Waals surface area contributed by atoms with Gasteiger partial charge in [-0.25, -0.2) is 19.6 Å². The first kappa shape index (κ1) is 19.2. The van der Waals surface area contributed by atoms with E-state index in [9.17, 15) is 22.0 Å². The maximum atomic E-state index is 14.7. The maximum absolute atomic E-state index is 14.7. The van der Waals surface area contributed by atoms with Crippen LogP contribution in [0.15, 0.2) is 18.7 Å². The van der Waals surface area contributed by atoms with Crippen LogP contribution >= 0.6 is 0 Å². The van der Waals surface area contributed by atoms with E-state index in [0.29, 0.717) is 23.7 Å². The average molecular weight is 414 g/mol. The first-order chi connectivity index (χ1) is 13.6. The molecular formula is C16H15F5N8. The Morgan fingerprint density at radius 1 is 1.14 bits per heavy atom. The fourth-order valence-corrected chi connectivity index (χ4v) is 2.86. The average Bonchev–Trinajstić information content (AvgIpc) is 3.29. The Labute approximate surface area is 160 Å². The van der Waals surface area contributed by atoms with Gasteiger partial charge in [-0.1, -0.05) is 0 Å². The third-order valence-corrected chi connectivity index (χ3v) is 4.50. The standard InChI is InChI=1S/C16H15F5N8/c1-8-11(6-29(27-8)16(20,21)13-23-7-24-28(13)2)25-14-22-5-10(15(17,18)19)12(26-14)9-3-4-9/h5-7,9H,3-4H2,1-2H3,(H,22,25,26). The van der Waals surface area contributed by atoms with Crippen LogP contribution in [0.5, 0.6) is 0 Å². The van der Waals surface area contributed by atoms with Crippen molar-refractivity contribution in [3.8, 4) is 0 Å². The van der Waals surface area contributed by atoms with Crippen molar-refractivity contribution in [2.75, 3.05) is 5.32 Å². The molecule has 0 bridgehead atoms. The van der Waals surface area contributed by atoms with E-state index in [1.807, 2.05) is 0 Å². The molecule has 0 unspecified atom stereocenters. The van der Waals surface area contributed by atoms with Crippen LogP contribution in [0.3, 0.4) is 0 Å². The highest BCUT2D eigenvalue weighted by atomic mass is 19.4. The number of rotatable bonds is 5. The minimum absolute atomic E-state index is 0.0931. The fourth-order valence-electron chi connectivity index (χ4n) is 2.86. The summed E-state index contributed by atoms with van der Waals surface area (Å²) in [5.74, 6) is -1.02. The van der Waals surface area contributed by atoms with E-state index in [1.54, 1.807) is 0 Å². The summed E-state index contributed by atoms with van der Waals surface area (Å²) in [6.07, 6.45) is -0.622. The van der Waals surface area contributed by atoms with Gasteiger partial charge in [0, 0.05) is 19.2 Å². The van der Waals surface area contributed by atoms with Crippen LogP contribution in [0.2, 0.25) is 0 Å². The Bertz CT molecular complexity index is 1050. The van der Waals surface area contributed by atoms with E-state index in [4.69, 9.17) is 0 Å². The Kier molecular flexibility index (Phi) is 4.28. The van der Waals surface area contributed by atoms with Gasteiger partial charge in [0.15, 0.2) is 0 Å². The monoisotopic (exact) mass is 414 g/mol. The van der Waals surface area contributed by atoms with Crippen LogP contribution in [0.4, 0.5) is 33.6 Å². The largest absolute Gasteiger partial charge is 0.419 e. The quantitative estimate of drug-likeness (QED) is 0.645. The molecule has 0 saturated heterocycles. The lowest BCUT2D eigenvalue weighted by atomic mass is 10.1. The lowest BCUT2D eigenvalue weighted by molar-refractivity contribution is -0.138. The summed E-state index contributed by atoms with van der Waals surface area (Å²) in [7, 11) is 1.32. The summed E-state index contributed by atoms with van der Waals surface area (Å²) in [5, 5.41) is 10.1. The minimum Gasteiger partial charge on any atom is -0.321 e. The number of nitrogens with zero attached hydrogens (tertiary/aromatic N) is 7. The topological polar surface area (TPSA) is 86.3 Å². The van der Waals surface area contributed by atoms with Gasteiger partial charge in [-0.15, -0.1) is 0 Å². The van der Waals surface area contributed by atoms with Crippen LogP contribution in [0.1, 0.15) is 41.5 Å². The first-order valence-electron chi connectivity index (χ1n) is 8.57. The second-order valence-corrected chi connectivity index (χ2v) is 6.71. The van der Waals surface area contributed by atoms with Gasteiger partial charge in [-0.05, 0) is 19.8 Å². The van der Waals surface area contributed by atoms with Crippen LogP contribution in [-0.4, -0.2) is 34.5 Å². The smallest absolute Gasteiger partial charge is 0.321 e. The molecule has 4 rings (SSSR count). The van der Waals surface area contributed by atoms with Crippen molar-refractivity contribution in [3.05, 3.63) is 41.5 Å². The van der Waals surface area contributed by atoms with E-state index in [2.05, 4.69) is 30.5 Å². The van der Waals surface area contributed by atoms with E-state index < -0.39 is 23.6 Å². The van der Waals surface area contributed by atoms with Gasteiger partial charge >= 0.3 is 12.2 Å². The van der Waals surface area contributed by atoms with Gasteiger partial charge in [-0.2, -0.15) is 36.8 Å². The molecule has 3 heterocycles. The number of anilines is 2. The van der Waals surface area contributed by atoms with Crippen molar-refractivity contribution in [2.24, 2.45) is 7.05 Å². The van der Waals surface area contributed by atoms with Gasteiger partial charge < -0.3 is 5.32 Å². The molecule has 13 heteroatoms. The third-order valence-electron chi connectivity index (χ3n) is 4.50. The van der Waals surface area contributed by atoms with Gasteiger partial charge in [0.05, 0.1) is 28.8 Å². The van der Waals surface area contributed by atoms with Gasteiger partial charge in [0.1, 0.15) is 6.33 Å². The summed E-state index contributed by atoms with van der Waals surface area (Å²) in [6.45, 7) is 1.47. The SMILES string of the molecule is Cc1nn(C(F)(F)c2ncnn2C)cc1Nc1ncc(C(F)(F)F)c(C2CC2)n1. The summed E-state index contributed by atoms with van der Waals surface area (Å²) >= 11 is 0. The lowest BCUT2D eigenvalue weighted by Gasteiger charge is -2.15. The van der Waals surface area contributed by atoms with Crippen LogP contribution < -0.4 is 5.32 Å². The molecule has 29 heavy (non-hydrogen) atoms. The molecule has 1 N–H and O–H groups in total. The molecule has 0 aliphatic heterocycles. The van der Waals surface area contributed by atoms with Crippen molar-refractivity contribution in [1.29, 1.82) is 0 Å². The Hall–Kier alpha value is -3.12. The molecule has 3 aromatic heterocycles. The molecule has 0 aromatic carbocycles. The zero-order chi connectivity index (χ0) is 21.0. The van der Waals surface area contributed by atoms with E-state index in [-0.39, 0.29) is 28.9 Å². The Morgan fingerprint density at radius 2 is 1.86 bits per heavy atom. The molecule has 0 spiro atoms. The number of nitrogens with one attached hydrogen (secondary N) is 1. The van der Waals surface area contributed by atoms with Crippen molar-refractivity contribution < 1.29 is 22.0 Å². The Balaban J connectivity index is 1.64. The summed E-state index contributed by atoms with van der Waals surface area (Å²) < 4.78 is 70.1. The maximum Gasteiger partial charge on any atom is 0.419 e. The molecule has 1 aliphatic carbocycles. The predicted octanol–water partition coefficient (Wildman–Crippen LogP) is 3.35. The van der Waals surface area contributed by atoms with E-state index in [1.165, 1.54) is 14.0 Å². The molecule has 0 amide bonds. The predicted molar refractivity (Wildman–Crippen MR) is 89.6 cm³/mol. The van der Waals surface area contributed by atoms with Gasteiger partial charge in [0.2, 0.25) is 11.8 Å². The molecule has 1 aliphatic rings. The normalized spacial score (nSPS) is 15.0. The number of aryl methyl sites for hydroxylation is 2. The molecule has 1 fully saturated rings. The molecule has 0 atom stereocenters. The summed E-state index contributed by atoms with van der Waals surface area (Å²) in [5.41, 5.74) is -0.659. The van der Waals surface area contributed by atoms with Crippen molar-refractivity contribution >= 4 is 11.6 Å². The first-order valence-corrected chi connectivity index (χ1v) is 8.57. The number of hydrogen-bond donors (Lipinski definition) is 1. The third kappa shape index (κ3) is 3.51. The lowest BCUT2D eigenvalue weighted by Crippen LogP contribution is -2.29. The molecule has 8 nitrogen and oxygen atoms in total. The zero-order valence-corrected chi connectivity index (χ0v) is 15.2. The highest BCUT2D eigenvalue weighted by Crippen LogP contribution is 2.45. The fraction of sp³-hybridized carbons (Fsp3) is 0.438. The summed E-state index contributed by atoms with van der Waals surface area (Å²) in [4.78, 5) is 11.2. The van der Waals surface area contributed by atoms with Crippen molar-refractivity contribution in [3.63, 3.8) is 0 Å². The second-order valence-electron chi connectivity index (χ2n) is 6.71. The van der Waals surface area contributed by atoms with Crippen molar-refractivity contribution in [1.82, 2.24) is 34.5 Å². The number of alkyl halides is 5. The highest BCUT2D eigenvalue weighted by molar-refractivity contribution is 5.55. The molecule has 154 valence electrons. The summed E-state index contributed by atoms with van der Waals surface area (Å²) in [6, 6.07) is -3.59. The molecule has 0 radical (unpaired) electrons.